The number of benzene rings is 2. The van der Waals surface area contributed by atoms with Gasteiger partial charge in [-0.2, -0.15) is 24.9 Å². The van der Waals surface area contributed by atoms with E-state index in [0.29, 0.717) is 22.3 Å². The fraction of sp³-hybridized carbons (Fsp3) is 0.235. The Hall–Kier alpha value is -0.860. The predicted molar refractivity (Wildman–Crippen MR) is 113 cm³/mol. The van der Waals surface area contributed by atoms with Crippen LogP contribution in [0, 0.1) is 0 Å². The van der Waals surface area contributed by atoms with Crippen LogP contribution in [0.25, 0.3) is 0 Å². The number of thioether (sulfide) groups is 1. The monoisotopic (exact) mass is 472 g/mol. The molecule has 0 radical (unpaired) electrons. The van der Waals surface area contributed by atoms with Gasteiger partial charge in [0.25, 0.3) is 0 Å². The second kappa shape index (κ2) is 10.1. The highest BCUT2D eigenvalue weighted by Gasteiger charge is 2.33. The first-order valence-electron chi connectivity index (χ1n) is 7.60. The quantitative estimate of drug-likeness (QED) is 0.352. The summed E-state index contributed by atoms with van der Waals surface area (Å²) in [4.78, 5) is 0. The van der Waals surface area contributed by atoms with E-state index in [-0.39, 0.29) is 15.8 Å². The van der Waals surface area contributed by atoms with Crippen LogP contribution in [-0.2, 0) is 11.9 Å². The van der Waals surface area contributed by atoms with E-state index in [1.54, 1.807) is 23.9 Å². The highest BCUT2D eigenvalue weighted by molar-refractivity contribution is 7.98. The average molecular weight is 474 g/mol. The lowest BCUT2D eigenvalue weighted by Gasteiger charge is -2.14. The Labute approximate surface area is 179 Å². The minimum Gasteiger partial charge on any atom is -0.362 e. The molecule has 10 heteroatoms. The van der Waals surface area contributed by atoms with Crippen molar-refractivity contribution in [2.45, 2.75) is 11.9 Å². The van der Waals surface area contributed by atoms with Crippen molar-refractivity contribution >= 4 is 69.6 Å². The number of anilines is 1. The molecule has 0 saturated carbocycles. The topological polar surface area (TPSA) is 24.1 Å². The van der Waals surface area contributed by atoms with Crippen LogP contribution in [0.15, 0.2) is 36.4 Å². The van der Waals surface area contributed by atoms with E-state index in [2.05, 4.69) is 10.6 Å². The van der Waals surface area contributed by atoms with Crippen LogP contribution < -0.4 is 10.6 Å². The third-order valence-electron chi connectivity index (χ3n) is 3.33. The van der Waals surface area contributed by atoms with Crippen molar-refractivity contribution in [2.24, 2.45) is 0 Å². The lowest BCUT2D eigenvalue weighted by molar-refractivity contribution is -0.137. The Morgan fingerprint density at radius 2 is 1.78 bits per heavy atom. The van der Waals surface area contributed by atoms with Gasteiger partial charge < -0.3 is 10.6 Å². The molecule has 0 heterocycles. The van der Waals surface area contributed by atoms with E-state index in [0.717, 1.165) is 17.4 Å². The van der Waals surface area contributed by atoms with Gasteiger partial charge >= 0.3 is 6.18 Å². The highest BCUT2D eigenvalue weighted by Crippen LogP contribution is 2.36. The summed E-state index contributed by atoms with van der Waals surface area (Å²) in [5.41, 5.74) is 0.282. The maximum Gasteiger partial charge on any atom is 0.417 e. The van der Waals surface area contributed by atoms with E-state index in [1.165, 1.54) is 12.1 Å². The van der Waals surface area contributed by atoms with Crippen molar-refractivity contribution < 1.29 is 13.2 Å². The Morgan fingerprint density at radius 3 is 2.44 bits per heavy atom. The van der Waals surface area contributed by atoms with Crippen molar-refractivity contribution in [1.29, 1.82) is 0 Å². The molecule has 0 spiro atoms. The summed E-state index contributed by atoms with van der Waals surface area (Å²) >= 11 is 24.3. The first kappa shape index (κ1) is 22.4. The van der Waals surface area contributed by atoms with E-state index in [1.807, 2.05) is 6.07 Å². The lowest BCUT2D eigenvalue weighted by Crippen LogP contribution is -2.30. The summed E-state index contributed by atoms with van der Waals surface area (Å²) in [5.74, 6) is 1.44. The van der Waals surface area contributed by atoms with Gasteiger partial charge in [-0.1, -0.05) is 40.9 Å². The Kier molecular flexibility index (Phi) is 8.37. The zero-order chi connectivity index (χ0) is 20.0. The van der Waals surface area contributed by atoms with E-state index in [9.17, 15) is 13.2 Å². The van der Waals surface area contributed by atoms with Crippen LogP contribution in [0.1, 0.15) is 11.1 Å². The van der Waals surface area contributed by atoms with Crippen LogP contribution in [0.3, 0.4) is 0 Å². The normalized spacial score (nSPS) is 11.3. The number of hydrogen-bond acceptors (Lipinski definition) is 2. The average Bonchev–Trinajstić information content (AvgIpc) is 2.57. The number of rotatable bonds is 6. The molecule has 0 amide bonds. The summed E-state index contributed by atoms with van der Waals surface area (Å²) < 4.78 is 38.6. The molecule has 0 unspecified atom stereocenters. The molecule has 0 atom stereocenters. The molecule has 0 saturated heterocycles. The molecule has 2 aromatic carbocycles. The number of halogens is 6. The maximum absolute atomic E-state index is 12.9. The van der Waals surface area contributed by atoms with E-state index < -0.39 is 11.7 Å². The van der Waals surface area contributed by atoms with E-state index >= 15 is 0 Å². The van der Waals surface area contributed by atoms with Crippen molar-refractivity contribution in [3.8, 4) is 0 Å². The van der Waals surface area contributed by atoms with Crippen LogP contribution in [0.2, 0.25) is 15.1 Å². The van der Waals surface area contributed by atoms with Gasteiger partial charge in [-0.05, 0) is 48.1 Å². The SMILES string of the molecule is FC(F)(F)c1cc(NC(=S)NCCSCc2ccc(Cl)cc2Cl)ccc1Cl. The molecule has 27 heavy (non-hydrogen) atoms. The van der Waals surface area contributed by atoms with E-state index in [4.69, 9.17) is 47.0 Å². The molecule has 0 aliphatic carbocycles. The minimum absolute atomic E-state index is 0.213. The largest absolute Gasteiger partial charge is 0.417 e. The van der Waals surface area contributed by atoms with Crippen molar-refractivity contribution in [3.05, 3.63) is 62.6 Å². The van der Waals surface area contributed by atoms with Gasteiger partial charge in [0.05, 0.1) is 10.6 Å². The summed E-state index contributed by atoms with van der Waals surface area (Å²) in [6.07, 6.45) is -4.52. The van der Waals surface area contributed by atoms with Crippen LogP contribution in [0.5, 0.6) is 0 Å². The number of nitrogens with one attached hydrogen (secondary N) is 2. The molecular formula is C17H14Cl3F3N2S2. The minimum atomic E-state index is -4.52. The second-order valence-electron chi connectivity index (χ2n) is 5.36. The molecule has 2 N–H and O–H groups in total. The van der Waals surface area contributed by atoms with Gasteiger partial charge in [-0.3, -0.25) is 0 Å². The molecule has 0 bridgehead atoms. The molecule has 0 aromatic heterocycles. The standard InChI is InChI=1S/C17H14Cl3F3N2S2/c18-11-2-1-10(15(20)7-11)9-27-6-5-24-16(26)25-12-3-4-14(19)13(8-12)17(21,22)23/h1-4,7-8H,5-6,9H2,(H2,24,25,26). The zero-order valence-electron chi connectivity index (χ0n) is 13.7. The highest BCUT2D eigenvalue weighted by atomic mass is 35.5. The molecule has 0 aliphatic heterocycles. The molecule has 2 aromatic rings. The molecular weight excluding hydrogens is 460 g/mol. The van der Waals surface area contributed by atoms with Crippen LogP contribution >= 0.6 is 58.8 Å². The Morgan fingerprint density at radius 1 is 1.04 bits per heavy atom. The van der Waals surface area contributed by atoms with Gasteiger partial charge in [0.2, 0.25) is 0 Å². The van der Waals surface area contributed by atoms with Crippen molar-refractivity contribution in [2.75, 3.05) is 17.6 Å². The first-order chi connectivity index (χ1) is 12.7. The molecule has 0 aliphatic rings. The summed E-state index contributed by atoms with van der Waals surface area (Å²) in [6, 6.07) is 8.88. The third kappa shape index (κ3) is 7.23. The zero-order valence-corrected chi connectivity index (χ0v) is 17.6. The van der Waals surface area contributed by atoms with Crippen LogP contribution in [0.4, 0.5) is 18.9 Å². The lowest BCUT2D eigenvalue weighted by atomic mass is 10.2. The number of thiocarbonyl (C=S) groups is 1. The fourth-order valence-electron chi connectivity index (χ4n) is 2.05. The van der Waals surface area contributed by atoms with Gasteiger partial charge in [-0.25, -0.2) is 0 Å². The predicted octanol–water partition coefficient (Wildman–Crippen LogP) is 6.89. The van der Waals surface area contributed by atoms with Crippen LogP contribution in [-0.4, -0.2) is 17.4 Å². The number of alkyl halides is 3. The first-order valence-corrected chi connectivity index (χ1v) is 10.3. The van der Waals surface area contributed by atoms with Gasteiger partial charge in [0, 0.05) is 33.8 Å². The molecule has 2 nitrogen and oxygen atoms in total. The molecule has 2 rings (SSSR count). The third-order valence-corrected chi connectivity index (χ3v) is 5.51. The molecule has 0 fully saturated rings. The Balaban J connectivity index is 1.76. The van der Waals surface area contributed by atoms with Crippen molar-refractivity contribution in [3.63, 3.8) is 0 Å². The smallest absolute Gasteiger partial charge is 0.362 e. The van der Waals surface area contributed by atoms with Gasteiger partial charge in [0.1, 0.15) is 0 Å². The summed E-state index contributed by atoms with van der Waals surface area (Å²) in [6.45, 7) is 0.543. The van der Waals surface area contributed by atoms with Gasteiger partial charge in [-0.15, -0.1) is 0 Å². The van der Waals surface area contributed by atoms with Crippen molar-refractivity contribution in [1.82, 2.24) is 5.32 Å². The fourth-order valence-corrected chi connectivity index (χ4v) is 3.91. The second-order valence-corrected chi connectivity index (χ2v) is 8.13. The number of hydrogen-bond donors (Lipinski definition) is 2. The Bertz CT molecular complexity index is 816. The maximum atomic E-state index is 12.9. The summed E-state index contributed by atoms with van der Waals surface area (Å²) in [5, 5.41) is 6.74. The van der Waals surface area contributed by atoms with Gasteiger partial charge in [0.15, 0.2) is 5.11 Å². The summed E-state index contributed by atoms with van der Waals surface area (Å²) in [7, 11) is 0. The molecule has 146 valence electrons.